The van der Waals surface area contributed by atoms with Gasteiger partial charge in [-0.05, 0) is 19.4 Å². The van der Waals surface area contributed by atoms with Crippen molar-refractivity contribution in [3.63, 3.8) is 0 Å². The molecule has 0 radical (unpaired) electrons. The maximum Gasteiger partial charge on any atom is 0.240 e. The fourth-order valence-electron chi connectivity index (χ4n) is 2.81. The summed E-state index contributed by atoms with van der Waals surface area (Å²) in [4.78, 5) is 26.0. The standard InChI is InChI=1S/C13H24N4O2/c1-8(2)4-5-14-12(18)9-6-17(3)7-10-11(9)15-16-13(10)19/h8-11,15H,4-7H2,1-3H3,(H,14,18)(H,16,19). The van der Waals surface area contributed by atoms with E-state index in [2.05, 4.69) is 34.9 Å². The van der Waals surface area contributed by atoms with Crippen molar-refractivity contribution in [1.82, 2.24) is 21.1 Å². The summed E-state index contributed by atoms with van der Waals surface area (Å²) in [5.41, 5.74) is 5.62. The predicted molar refractivity (Wildman–Crippen MR) is 72.0 cm³/mol. The summed E-state index contributed by atoms with van der Waals surface area (Å²) in [7, 11) is 1.95. The summed E-state index contributed by atoms with van der Waals surface area (Å²) in [5, 5.41) is 2.99. The summed E-state index contributed by atoms with van der Waals surface area (Å²) < 4.78 is 0. The van der Waals surface area contributed by atoms with Crippen LogP contribution in [0.3, 0.4) is 0 Å². The van der Waals surface area contributed by atoms with Gasteiger partial charge in [-0.25, -0.2) is 5.43 Å². The number of nitrogens with one attached hydrogen (secondary N) is 3. The molecule has 2 heterocycles. The molecule has 0 aliphatic carbocycles. The minimum absolute atomic E-state index is 0.00321. The first kappa shape index (κ1) is 14.3. The molecule has 2 rings (SSSR count). The second kappa shape index (κ2) is 5.88. The molecule has 0 spiro atoms. The average molecular weight is 268 g/mol. The molecular formula is C13H24N4O2. The number of carbonyl (C=O) groups excluding carboxylic acids is 2. The third-order valence-corrected chi connectivity index (χ3v) is 3.94. The minimum atomic E-state index is -0.171. The van der Waals surface area contributed by atoms with Crippen LogP contribution in [0.5, 0.6) is 0 Å². The molecule has 0 bridgehead atoms. The molecule has 19 heavy (non-hydrogen) atoms. The molecular weight excluding hydrogens is 244 g/mol. The Bertz CT molecular complexity index is 359. The molecule has 2 aliphatic rings. The third-order valence-electron chi connectivity index (χ3n) is 3.94. The fourth-order valence-corrected chi connectivity index (χ4v) is 2.81. The number of carbonyl (C=O) groups is 2. The molecule has 0 aromatic heterocycles. The summed E-state index contributed by atoms with van der Waals surface area (Å²) in [6, 6.07) is -0.0808. The van der Waals surface area contributed by atoms with Crippen molar-refractivity contribution < 1.29 is 9.59 Å². The van der Waals surface area contributed by atoms with Crippen LogP contribution in [0.4, 0.5) is 0 Å². The van der Waals surface area contributed by atoms with Gasteiger partial charge >= 0.3 is 0 Å². The Morgan fingerprint density at radius 2 is 2.21 bits per heavy atom. The van der Waals surface area contributed by atoms with Crippen LogP contribution in [0, 0.1) is 17.8 Å². The first-order chi connectivity index (χ1) is 8.99. The molecule has 2 saturated heterocycles. The molecule has 0 saturated carbocycles. The summed E-state index contributed by atoms with van der Waals surface area (Å²) in [6.45, 7) is 6.38. The van der Waals surface area contributed by atoms with E-state index in [-0.39, 0.29) is 29.7 Å². The maximum absolute atomic E-state index is 12.3. The van der Waals surface area contributed by atoms with Gasteiger partial charge in [0.2, 0.25) is 11.8 Å². The van der Waals surface area contributed by atoms with Gasteiger partial charge in [-0.2, -0.15) is 0 Å². The largest absolute Gasteiger partial charge is 0.356 e. The lowest BCUT2D eigenvalue weighted by Gasteiger charge is -2.36. The fraction of sp³-hybridized carbons (Fsp3) is 0.846. The van der Waals surface area contributed by atoms with Crippen molar-refractivity contribution in [1.29, 1.82) is 0 Å². The van der Waals surface area contributed by atoms with Crippen molar-refractivity contribution in [3.05, 3.63) is 0 Å². The van der Waals surface area contributed by atoms with Gasteiger partial charge in [-0.3, -0.25) is 15.0 Å². The number of rotatable bonds is 4. The zero-order valence-electron chi connectivity index (χ0n) is 11.9. The number of hydrazine groups is 1. The van der Waals surface area contributed by atoms with Crippen LogP contribution >= 0.6 is 0 Å². The Hall–Kier alpha value is -1.14. The van der Waals surface area contributed by atoms with E-state index in [0.29, 0.717) is 25.6 Å². The highest BCUT2D eigenvalue weighted by molar-refractivity contribution is 5.85. The molecule has 2 amide bonds. The van der Waals surface area contributed by atoms with Gasteiger partial charge in [0.05, 0.1) is 17.9 Å². The highest BCUT2D eigenvalue weighted by Gasteiger charge is 2.46. The summed E-state index contributed by atoms with van der Waals surface area (Å²) >= 11 is 0. The Balaban J connectivity index is 1.94. The molecule has 0 aromatic rings. The first-order valence-corrected chi connectivity index (χ1v) is 7.00. The van der Waals surface area contributed by atoms with E-state index in [1.54, 1.807) is 0 Å². The van der Waals surface area contributed by atoms with Gasteiger partial charge in [0.1, 0.15) is 0 Å². The van der Waals surface area contributed by atoms with E-state index >= 15 is 0 Å². The van der Waals surface area contributed by atoms with Crippen molar-refractivity contribution in [2.45, 2.75) is 26.3 Å². The molecule has 108 valence electrons. The van der Waals surface area contributed by atoms with E-state index in [1.165, 1.54) is 0 Å². The average Bonchev–Trinajstić information content (AvgIpc) is 2.69. The van der Waals surface area contributed by atoms with E-state index in [0.717, 1.165) is 6.42 Å². The normalized spacial score (nSPS) is 31.2. The SMILES string of the molecule is CC(C)CCNC(=O)C1CN(C)CC2C(=O)NNC12. The zero-order valence-corrected chi connectivity index (χ0v) is 11.9. The van der Waals surface area contributed by atoms with Crippen LogP contribution in [0.25, 0.3) is 0 Å². The number of hydrogen-bond acceptors (Lipinski definition) is 4. The lowest BCUT2D eigenvalue weighted by molar-refractivity contribution is -0.129. The Morgan fingerprint density at radius 3 is 2.89 bits per heavy atom. The quantitative estimate of drug-likeness (QED) is 0.632. The van der Waals surface area contributed by atoms with Gasteiger partial charge in [-0.1, -0.05) is 13.8 Å². The van der Waals surface area contributed by atoms with Crippen LogP contribution in [-0.4, -0.2) is 49.4 Å². The highest BCUT2D eigenvalue weighted by atomic mass is 16.2. The molecule has 2 fully saturated rings. The minimum Gasteiger partial charge on any atom is -0.356 e. The van der Waals surface area contributed by atoms with E-state index in [4.69, 9.17) is 0 Å². The van der Waals surface area contributed by atoms with Crippen molar-refractivity contribution >= 4 is 11.8 Å². The number of hydrogen-bond donors (Lipinski definition) is 3. The predicted octanol–water partition coefficient (Wildman–Crippen LogP) is -0.670. The molecule has 2 aliphatic heterocycles. The monoisotopic (exact) mass is 268 g/mol. The van der Waals surface area contributed by atoms with Crippen LogP contribution in [0.2, 0.25) is 0 Å². The first-order valence-electron chi connectivity index (χ1n) is 7.00. The van der Waals surface area contributed by atoms with Crippen LogP contribution < -0.4 is 16.2 Å². The molecule has 0 aromatic carbocycles. The molecule has 3 N–H and O–H groups in total. The second-order valence-corrected chi connectivity index (χ2v) is 6.07. The lowest BCUT2D eigenvalue weighted by Crippen LogP contribution is -2.56. The third kappa shape index (κ3) is 3.25. The van der Waals surface area contributed by atoms with Crippen molar-refractivity contribution in [2.24, 2.45) is 17.8 Å². The lowest BCUT2D eigenvalue weighted by atomic mass is 9.84. The van der Waals surface area contributed by atoms with Gasteiger partial charge in [0.15, 0.2) is 0 Å². The van der Waals surface area contributed by atoms with Gasteiger partial charge in [0.25, 0.3) is 0 Å². The van der Waals surface area contributed by atoms with Gasteiger partial charge < -0.3 is 10.2 Å². The van der Waals surface area contributed by atoms with Gasteiger partial charge in [0, 0.05) is 19.6 Å². The van der Waals surface area contributed by atoms with Crippen LogP contribution in [-0.2, 0) is 9.59 Å². The van der Waals surface area contributed by atoms with Crippen LogP contribution in [0.1, 0.15) is 20.3 Å². The Labute approximate surface area is 114 Å². The van der Waals surface area contributed by atoms with E-state index in [9.17, 15) is 9.59 Å². The zero-order chi connectivity index (χ0) is 14.0. The molecule has 6 nitrogen and oxygen atoms in total. The van der Waals surface area contributed by atoms with Crippen molar-refractivity contribution in [3.8, 4) is 0 Å². The number of likely N-dealkylation sites (tertiary alicyclic amines) is 1. The Morgan fingerprint density at radius 1 is 1.47 bits per heavy atom. The molecule has 3 unspecified atom stereocenters. The maximum atomic E-state index is 12.3. The highest BCUT2D eigenvalue weighted by Crippen LogP contribution is 2.24. The van der Waals surface area contributed by atoms with E-state index in [1.807, 2.05) is 7.05 Å². The van der Waals surface area contributed by atoms with Gasteiger partial charge in [-0.15, -0.1) is 0 Å². The number of fused-ring (bicyclic) bond motifs is 1. The smallest absolute Gasteiger partial charge is 0.240 e. The topological polar surface area (TPSA) is 73.5 Å². The van der Waals surface area contributed by atoms with Crippen molar-refractivity contribution in [2.75, 3.05) is 26.7 Å². The summed E-state index contributed by atoms with van der Waals surface area (Å²) in [6.07, 6.45) is 0.979. The summed E-state index contributed by atoms with van der Waals surface area (Å²) in [5.74, 6) is 0.326. The molecule has 6 heteroatoms. The number of nitrogens with zero attached hydrogens (tertiary/aromatic N) is 1. The van der Waals surface area contributed by atoms with E-state index < -0.39 is 0 Å². The van der Waals surface area contributed by atoms with Crippen LogP contribution in [0.15, 0.2) is 0 Å². The number of amides is 2. The number of piperidine rings is 1. The molecule has 3 atom stereocenters. The Kier molecular flexibility index (Phi) is 4.42. The second-order valence-electron chi connectivity index (χ2n) is 6.07.